The Morgan fingerprint density at radius 3 is 2.57 bits per heavy atom. The molecule has 0 saturated carbocycles. The molecule has 0 aliphatic rings. The summed E-state index contributed by atoms with van der Waals surface area (Å²) in [5.74, 6) is -3.49. The minimum atomic E-state index is -3.49. The Labute approximate surface area is 87.7 Å². The first-order valence-corrected chi connectivity index (χ1v) is 4.54. The lowest BCUT2D eigenvalue weighted by Gasteiger charge is -2.11. The van der Waals surface area contributed by atoms with Crippen LogP contribution in [0.2, 0.25) is 0 Å². The Kier molecular flexibility index (Phi) is 3.34. The van der Waals surface area contributed by atoms with Crippen LogP contribution in [0, 0.1) is 0 Å². The third-order valence-corrected chi connectivity index (χ3v) is 2.38. The van der Waals surface area contributed by atoms with Crippen molar-refractivity contribution < 1.29 is 18.7 Å². The Morgan fingerprint density at radius 2 is 2.14 bits per heavy atom. The molecule has 0 unspecified atom stereocenters. The monoisotopic (exact) mass is 264 g/mol. The number of aliphatic hydroxyl groups excluding tert-OH is 1. The molecule has 0 spiro atoms. The van der Waals surface area contributed by atoms with Gasteiger partial charge in [-0.05, 0) is 11.6 Å². The molecule has 76 valence electrons. The largest absolute Gasteiger partial charge is 0.392 e. The van der Waals surface area contributed by atoms with Gasteiger partial charge in [0.25, 0.3) is 0 Å². The number of carbonyl (C=O) groups excluding carboxylic acids is 1. The molecular weight excluding hydrogens is 258 g/mol. The fraction of sp³-hybridized carbons (Fsp3) is 0.222. The average Bonchev–Trinajstić information content (AvgIpc) is 2.17. The van der Waals surface area contributed by atoms with E-state index in [4.69, 9.17) is 5.11 Å². The van der Waals surface area contributed by atoms with Crippen molar-refractivity contribution in [3.63, 3.8) is 0 Å². The van der Waals surface area contributed by atoms with Crippen molar-refractivity contribution in [1.29, 1.82) is 0 Å². The first kappa shape index (κ1) is 11.3. The lowest BCUT2D eigenvalue weighted by atomic mass is 10.1. The molecule has 0 atom stereocenters. The van der Waals surface area contributed by atoms with E-state index in [2.05, 4.69) is 15.9 Å². The number of hydrogen-bond donors (Lipinski definition) is 1. The van der Waals surface area contributed by atoms with Gasteiger partial charge in [-0.2, -0.15) is 8.78 Å². The number of aldehydes is 1. The molecule has 0 amide bonds. The van der Waals surface area contributed by atoms with E-state index in [0.29, 0.717) is 5.56 Å². The van der Waals surface area contributed by atoms with Crippen LogP contribution in [0.1, 0.15) is 11.1 Å². The van der Waals surface area contributed by atoms with E-state index < -0.39 is 17.8 Å². The van der Waals surface area contributed by atoms with Crippen molar-refractivity contribution in [2.24, 2.45) is 0 Å². The maximum absolute atomic E-state index is 12.9. The average molecular weight is 265 g/mol. The van der Waals surface area contributed by atoms with Crippen molar-refractivity contribution in [2.45, 2.75) is 12.5 Å². The molecule has 0 bridgehead atoms. The summed E-state index contributed by atoms with van der Waals surface area (Å²) in [5.41, 5.74) is 0.104. The van der Waals surface area contributed by atoms with Crippen LogP contribution in [0.15, 0.2) is 22.7 Å². The van der Waals surface area contributed by atoms with Crippen molar-refractivity contribution in [1.82, 2.24) is 0 Å². The predicted octanol–water partition coefficient (Wildman–Crippen LogP) is 2.23. The molecular formula is C9H7BrF2O2. The zero-order valence-electron chi connectivity index (χ0n) is 7.01. The molecule has 0 aromatic heterocycles. The topological polar surface area (TPSA) is 37.3 Å². The Balaban J connectivity index is 3.18. The van der Waals surface area contributed by atoms with E-state index in [0.717, 1.165) is 6.07 Å². The maximum Gasteiger partial charge on any atom is 0.328 e. The molecule has 2 nitrogen and oxygen atoms in total. The normalized spacial score (nSPS) is 11.4. The number of rotatable bonds is 3. The third-order valence-electron chi connectivity index (χ3n) is 1.72. The fourth-order valence-electron chi connectivity index (χ4n) is 0.991. The highest BCUT2D eigenvalue weighted by molar-refractivity contribution is 9.10. The summed E-state index contributed by atoms with van der Waals surface area (Å²) in [7, 11) is 0. The molecule has 0 radical (unpaired) electrons. The van der Waals surface area contributed by atoms with Crippen LogP contribution in [0.3, 0.4) is 0 Å². The number of benzene rings is 1. The molecule has 0 aliphatic carbocycles. The van der Waals surface area contributed by atoms with Gasteiger partial charge in [0.1, 0.15) is 0 Å². The predicted molar refractivity (Wildman–Crippen MR) is 50.0 cm³/mol. The first-order chi connectivity index (χ1) is 6.51. The Bertz CT molecular complexity index is 353. The molecule has 0 aliphatic heterocycles. The minimum absolute atomic E-state index is 0.112. The lowest BCUT2D eigenvalue weighted by Crippen LogP contribution is -2.15. The molecule has 1 rings (SSSR count). The van der Waals surface area contributed by atoms with Crippen LogP contribution in [-0.4, -0.2) is 11.4 Å². The summed E-state index contributed by atoms with van der Waals surface area (Å²) in [6.07, 6.45) is -0.411. The highest BCUT2D eigenvalue weighted by Crippen LogP contribution is 2.32. The number of alkyl halides is 2. The fourth-order valence-corrected chi connectivity index (χ4v) is 1.68. The van der Waals surface area contributed by atoms with Gasteiger partial charge in [0, 0.05) is 10.0 Å². The second kappa shape index (κ2) is 4.14. The quantitative estimate of drug-likeness (QED) is 0.851. The Hall–Kier alpha value is -0.810. The highest BCUT2D eigenvalue weighted by Gasteiger charge is 2.32. The van der Waals surface area contributed by atoms with Crippen LogP contribution in [0.5, 0.6) is 0 Å². The van der Waals surface area contributed by atoms with Gasteiger partial charge >= 0.3 is 5.92 Å². The molecule has 0 saturated heterocycles. The molecule has 0 fully saturated rings. The zero-order valence-corrected chi connectivity index (χ0v) is 8.59. The molecule has 14 heavy (non-hydrogen) atoms. The van der Waals surface area contributed by atoms with Crippen molar-refractivity contribution in [3.8, 4) is 0 Å². The summed E-state index contributed by atoms with van der Waals surface area (Å²) in [5, 5.41) is 8.74. The van der Waals surface area contributed by atoms with Crippen LogP contribution >= 0.6 is 15.9 Å². The molecule has 1 aromatic carbocycles. The lowest BCUT2D eigenvalue weighted by molar-refractivity contribution is -0.130. The van der Waals surface area contributed by atoms with Gasteiger partial charge in [-0.1, -0.05) is 28.1 Å². The molecule has 0 heterocycles. The maximum atomic E-state index is 12.9. The van der Waals surface area contributed by atoms with Crippen molar-refractivity contribution in [3.05, 3.63) is 33.8 Å². The van der Waals surface area contributed by atoms with Gasteiger partial charge in [-0.25, -0.2) is 0 Å². The van der Waals surface area contributed by atoms with E-state index in [1.165, 1.54) is 12.1 Å². The smallest absolute Gasteiger partial charge is 0.328 e. The van der Waals surface area contributed by atoms with Gasteiger partial charge in [-0.3, -0.25) is 4.79 Å². The zero-order chi connectivity index (χ0) is 10.8. The second-order valence-electron chi connectivity index (χ2n) is 2.71. The minimum Gasteiger partial charge on any atom is -0.392 e. The second-order valence-corrected chi connectivity index (χ2v) is 3.57. The highest BCUT2D eigenvalue weighted by atomic mass is 79.9. The van der Waals surface area contributed by atoms with Crippen molar-refractivity contribution in [2.75, 3.05) is 0 Å². The van der Waals surface area contributed by atoms with Crippen LogP contribution < -0.4 is 0 Å². The van der Waals surface area contributed by atoms with E-state index in [9.17, 15) is 13.6 Å². The summed E-state index contributed by atoms with van der Waals surface area (Å²) >= 11 is 2.91. The van der Waals surface area contributed by atoms with Gasteiger partial charge < -0.3 is 5.11 Å². The molecule has 1 aromatic rings. The number of hydrogen-bond acceptors (Lipinski definition) is 2. The molecule has 1 N–H and O–H groups in total. The van der Waals surface area contributed by atoms with Crippen LogP contribution in [0.25, 0.3) is 0 Å². The summed E-state index contributed by atoms with van der Waals surface area (Å²) in [6, 6.07) is 3.81. The van der Waals surface area contributed by atoms with Crippen LogP contribution in [-0.2, 0) is 17.3 Å². The van der Waals surface area contributed by atoms with Gasteiger partial charge in [0.05, 0.1) is 6.61 Å². The Morgan fingerprint density at radius 1 is 1.50 bits per heavy atom. The number of aliphatic hydroxyl groups is 1. The molecule has 5 heteroatoms. The summed E-state index contributed by atoms with van der Waals surface area (Å²) in [4.78, 5) is 10.1. The van der Waals surface area contributed by atoms with Gasteiger partial charge in [0.2, 0.25) is 0 Å². The summed E-state index contributed by atoms with van der Waals surface area (Å²) < 4.78 is 26.0. The van der Waals surface area contributed by atoms with Gasteiger partial charge in [-0.15, -0.1) is 0 Å². The van der Waals surface area contributed by atoms with Gasteiger partial charge in [0.15, 0.2) is 6.29 Å². The first-order valence-electron chi connectivity index (χ1n) is 3.75. The number of carbonyl (C=O) groups is 1. The SMILES string of the molecule is O=CC(F)(F)c1ccc(CO)cc1Br. The van der Waals surface area contributed by atoms with Crippen molar-refractivity contribution >= 4 is 22.2 Å². The van der Waals surface area contributed by atoms with E-state index >= 15 is 0 Å². The van der Waals surface area contributed by atoms with Crippen LogP contribution in [0.4, 0.5) is 8.78 Å². The summed E-state index contributed by atoms with van der Waals surface area (Å²) in [6.45, 7) is -0.231. The standard InChI is InChI=1S/C9H7BrF2O2/c10-8-3-6(4-13)1-2-7(8)9(11,12)5-14/h1-3,5,13H,4H2. The van der Waals surface area contributed by atoms with E-state index in [-0.39, 0.29) is 11.1 Å². The number of halogens is 3. The van der Waals surface area contributed by atoms with E-state index in [1.807, 2.05) is 0 Å². The third kappa shape index (κ3) is 2.16. The van der Waals surface area contributed by atoms with E-state index in [1.54, 1.807) is 0 Å².